The van der Waals surface area contributed by atoms with Crippen LogP contribution in [0.4, 0.5) is 20.2 Å². The van der Waals surface area contributed by atoms with E-state index in [-0.39, 0.29) is 17.2 Å². The number of halogens is 2. The first kappa shape index (κ1) is 23.9. The van der Waals surface area contributed by atoms with Crippen LogP contribution in [0.15, 0.2) is 60.3 Å². The summed E-state index contributed by atoms with van der Waals surface area (Å²) in [4.78, 5) is 22.6. The maximum atomic E-state index is 13.9. The number of amides is 1. The van der Waals surface area contributed by atoms with Crippen LogP contribution in [0.2, 0.25) is 0 Å². The van der Waals surface area contributed by atoms with E-state index >= 15 is 0 Å². The fourth-order valence-corrected chi connectivity index (χ4v) is 3.60. The molecule has 1 heterocycles. The predicted octanol–water partition coefficient (Wildman–Crippen LogP) is 4.52. The maximum Gasteiger partial charge on any atom is 0.271 e. The number of nitro benzene ring substituents is 1. The van der Waals surface area contributed by atoms with Crippen molar-refractivity contribution in [2.75, 3.05) is 11.1 Å². The molecule has 0 fully saturated rings. The second-order valence-electron chi connectivity index (χ2n) is 6.72. The number of ether oxygens (including phenoxy) is 1. The molecule has 0 bridgehead atoms. The Morgan fingerprint density at radius 3 is 2.82 bits per heavy atom. The summed E-state index contributed by atoms with van der Waals surface area (Å²) >= 11 is 1.09. The molecule has 0 aliphatic carbocycles. The molecule has 3 aromatic rings. The van der Waals surface area contributed by atoms with Crippen LogP contribution in [0.1, 0.15) is 18.9 Å². The Hall–Kier alpha value is -3.80. The average Bonchev–Trinajstić information content (AvgIpc) is 3.17. The van der Waals surface area contributed by atoms with E-state index in [1.165, 1.54) is 24.3 Å². The molecule has 1 unspecified atom stereocenters. The van der Waals surface area contributed by atoms with Crippen molar-refractivity contribution < 1.29 is 23.2 Å². The molecule has 1 N–H and O–H groups in total. The lowest BCUT2D eigenvalue weighted by Gasteiger charge is -2.16. The Bertz CT molecular complexity index is 1190. The summed E-state index contributed by atoms with van der Waals surface area (Å²) in [6.07, 6.45) is 0.871. The molecule has 1 aromatic heterocycles. The number of hydrogen-bond donors (Lipinski definition) is 1. The van der Waals surface area contributed by atoms with Gasteiger partial charge in [0.25, 0.3) is 5.69 Å². The van der Waals surface area contributed by atoms with E-state index < -0.39 is 28.6 Å². The van der Waals surface area contributed by atoms with Crippen LogP contribution in [0, 0.1) is 21.7 Å². The molecule has 0 radical (unpaired) electrons. The van der Waals surface area contributed by atoms with Crippen molar-refractivity contribution in [1.82, 2.24) is 14.8 Å². The number of non-ortho nitro benzene ring substituents is 1. The summed E-state index contributed by atoms with van der Waals surface area (Å²) in [5.41, 5.74) is 0.161. The van der Waals surface area contributed by atoms with Gasteiger partial charge < -0.3 is 10.1 Å². The van der Waals surface area contributed by atoms with Crippen molar-refractivity contribution in [2.24, 2.45) is 0 Å². The first-order valence-electron chi connectivity index (χ1n) is 9.61. The molecule has 0 saturated heterocycles. The number of hydrogen-bond acceptors (Lipinski definition) is 7. The molecule has 0 aliphatic rings. The number of carbonyl (C=O) groups is 1. The van der Waals surface area contributed by atoms with Crippen molar-refractivity contribution in [3.05, 3.63) is 82.7 Å². The Kier molecular flexibility index (Phi) is 7.72. The number of nitro groups is 1. The standard InChI is InChI=1S/C21H19F2N5O4S/c1-3-9-27-20(13(2)32-18-8-7-14(22)10-17(18)23)25-26-21(27)33-12-19(29)24-15-5-4-6-16(11-15)28(30)31/h3-8,10-11,13H,1,9,12H2,2H3,(H,24,29). The lowest BCUT2D eigenvalue weighted by Crippen LogP contribution is -2.15. The predicted molar refractivity (Wildman–Crippen MR) is 118 cm³/mol. The van der Waals surface area contributed by atoms with Crippen molar-refractivity contribution >= 4 is 29.0 Å². The van der Waals surface area contributed by atoms with Crippen molar-refractivity contribution in [2.45, 2.75) is 24.7 Å². The third kappa shape index (κ3) is 6.13. The van der Waals surface area contributed by atoms with Gasteiger partial charge in [-0.25, -0.2) is 8.78 Å². The topological polar surface area (TPSA) is 112 Å². The number of thioether (sulfide) groups is 1. The summed E-state index contributed by atoms with van der Waals surface area (Å²) < 4.78 is 34.3. The molecule has 2 aromatic carbocycles. The summed E-state index contributed by atoms with van der Waals surface area (Å²) in [5.74, 6) is -1.77. The van der Waals surface area contributed by atoms with Crippen LogP contribution in [0.25, 0.3) is 0 Å². The van der Waals surface area contributed by atoms with Crippen LogP contribution in [0.5, 0.6) is 5.75 Å². The van der Waals surface area contributed by atoms with E-state index in [0.717, 1.165) is 23.9 Å². The van der Waals surface area contributed by atoms with E-state index in [1.54, 1.807) is 23.6 Å². The Morgan fingerprint density at radius 2 is 2.12 bits per heavy atom. The molecule has 0 spiro atoms. The van der Waals surface area contributed by atoms with E-state index in [9.17, 15) is 23.7 Å². The van der Waals surface area contributed by atoms with Gasteiger partial charge in [-0.2, -0.15) is 0 Å². The average molecular weight is 475 g/mol. The third-order valence-electron chi connectivity index (χ3n) is 4.29. The lowest BCUT2D eigenvalue weighted by atomic mass is 10.3. The Balaban J connectivity index is 1.68. The first-order valence-corrected chi connectivity index (χ1v) is 10.6. The molecule has 33 heavy (non-hydrogen) atoms. The largest absolute Gasteiger partial charge is 0.480 e. The summed E-state index contributed by atoms with van der Waals surface area (Å²) in [7, 11) is 0. The van der Waals surface area contributed by atoms with Gasteiger partial charge in [0.2, 0.25) is 5.91 Å². The minimum atomic E-state index is -0.843. The van der Waals surface area contributed by atoms with Gasteiger partial charge in [-0.15, -0.1) is 16.8 Å². The molecular weight excluding hydrogens is 456 g/mol. The van der Waals surface area contributed by atoms with Gasteiger partial charge in [0.1, 0.15) is 5.82 Å². The normalized spacial score (nSPS) is 11.6. The quantitative estimate of drug-likeness (QED) is 0.199. The van der Waals surface area contributed by atoms with Crippen molar-refractivity contribution in [1.29, 1.82) is 0 Å². The molecular formula is C21H19F2N5O4S. The SMILES string of the molecule is C=CCn1c(SCC(=O)Nc2cccc([N+](=O)[O-])c2)nnc1C(C)Oc1ccc(F)cc1F. The van der Waals surface area contributed by atoms with Crippen molar-refractivity contribution in [3.63, 3.8) is 0 Å². The van der Waals surface area contributed by atoms with Crippen molar-refractivity contribution in [3.8, 4) is 5.75 Å². The number of allylic oxidation sites excluding steroid dienone is 1. The zero-order chi connectivity index (χ0) is 24.0. The highest BCUT2D eigenvalue weighted by atomic mass is 32.2. The fourth-order valence-electron chi connectivity index (χ4n) is 2.85. The third-order valence-corrected chi connectivity index (χ3v) is 5.26. The number of rotatable bonds is 10. The van der Waals surface area contributed by atoms with Crippen LogP contribution in [-0.2, 0) is 11.3 Å². The van der Waals surface area contributed by atoms with Gasteiger partial charge >= 0.3 is 0 Å². The van der Waals surface area contributed by atoms with Gasteiger partial charge in [-0.05, 0) is 25.1 Å². The highest BCUT2D eigenvalue weighted by Gasteiger charge is 2.21. The van der Waals surface area contributed by atoms with Gasteiger partial charge in [0, 0.05) is 30.4 Å². The fraction of sp³-hybridized carbons (Fsp3) is 0.190. The molecule has 3 rings (SSSR count). The number of aromatic nitrogens is 3. The van der Waals surface area contributed by atoms with Crippen LogP contribution >= 0.6 is 11.8 Å². The molecule has 12 heteroatoms. The number of nitrogens with one attached hydrogen (secondary N) is 1. The minimum Gasteiger partial charge on any atom is -0.480 e. The van der Waals surface area contributed by atoms with E-state index in [4.69, 9.17) is 4.74 Å². The molecule has 0 aliphatic heterocycles. The second-order valence-corrected chi connectivity index (χ2v) is 7.66. The monoisotopic (exact) mass is 475 g/mol. The molecule has 9 nitrogen and oxygen atoms in total. The number of nitrogens with zero attached hydrogens (tertiary/aromatic N) is 4. The molecule has 1 atom stereocenters. The summed E-state index contributed by atoms with van der Waals surface area (Å²) in [5, 5.41) is 22.0. The molecule has 1 amide bonds. The lowest BCUT2D eigenvalue weighted by molar-refractivity contribution is -0.384. The Labute approximate surface area is 191 Å². The minimum absolute atomic E-state index is 0.0419. The molecule has 0 saturated carbocycles. The first-order chi connectivity index (χ1) is 15.8. The van der Waals surface area contributed by atoms with Crippen LogP contribution < -0.4 is 10.1 Å². The van der Waals surface area contributed by atoms with Gasteiger partial charge in [-0.3, -0.25) is 19.5 Å². The molecule has 172 valence electrons. The highest BCUT2D eigenvalue weighted by Crippen LogP contribution is 2.27. The van der Waals surface area contributed by atoms with E-state index in [1.807, 2.05) is 0 Å². The summed E-state index contributed by atoms with van der Waals surface area (Å²) in [6, 6.07) is 8.59. The smallest absolute Gasteiger partial charge is 0.271 e. The van der Waals surface area contributed by atoms with E-state index in [2.05, 4.69) is 22.1 Å². The zero-order valence-corrected chi connectivity index (χ0v) is 18.2. The zero-order valence-electron chi connectivity index (χ0n) is 17.4. The van der Waals surface area contributed by atoms with E-state index in [0.29, 0.717) is 23.2 Å². The second kappa shape index (κ2) is 10.7. The summed E-state index contributed by atoms with van der Waals surface area (Å²) in [6.45, 7) is 5.63. The van der Waals surface area contributed by atoms with Crippen LogP contribution in [-0.4, -0.2) is 31.3 Å². The van der Waals surface area contributed by atoms with Gasteiger partial charge in [-0.1, -0.05) is 23.9 Å². The number of benzene rings is 2. The number of anilines is 1. The van der Waals surface area contributed by atoms with Gasteiger partial charge in [0.15, 0.2) is 28.7 Å². The Morgan fingerprint density at radius 1 is 1.33 bits per heavy atom. The van der Waals surface area contributed by atoms with Crippen LogP contribution in [0.3, 0.4) is 0 Å². The maximum absolute atomic E-state index is 13.9. The highest BCUT2D eigenvalue weighted by molar-refractivity contribution is 7.99. The number of carbonyl (C=O) groups excluding carboxylic acids is 1. The van der Waals surface area contributed by atoms with Gasteiger partial charge in [0.05, 0.1) is 10.7 Å².